The number of unbranched alkanes of at least 4 members (excludes halogenated alkanes) is 1. The van der Waals surface area contributed by atoms with Crippen molar-refractivity contribution in [1.29, 1.82) is 0 Å². The Morgan fingerprint density at radius 1 is 0.867 bits per heavy atom. The summed E-state index contributed by atoms with van der Waals surface area (Å²) in [6.07, 6.45) is 17.9. The van der Waals surface area contributed by atoms with Gasteiger partial charge < -0.3 is 0 Å². The highest BCUT2D eigenvalue weighted by molar-refractivity contribution is 5.26. The van der Waals surface area contributed by atoms with E-state index in [1.165, 1.54) is 57.8 Å². The summed E-state index contributed by atoms with van der Waals surface area (Å²) in [5.74, 6) is 5.15. The zero-order chi connectivity index (χ0) is 22.0. The van der Waals surface area contributed by atoms with E-state index in [9.17, 15) is 0 Å². The lowest BCUT2D eigenvalue weighted by molar-refractivity contribution is 0.00989. The highest BCUT2D eigenvalue weighted by atomic mass is 14.6. The molecule has 2 saturated carbocycles. The average Bonchev–Trinajstić information content (AvgIpc) is 3.12. The van der Waals surface area contributed by atoms with Gasteiger partial charge in [-0.2, -0.15) is 0 Å². The maximum absolute atomic E-state index is 2.70. The van der Waals surface area contributed by atoms with Crippen LogP contribution in [0.3, 0.4) is 0 Å². The van der Waals surface area contributed by atoms with E-state index in [1.54, 1.807) is 19.3 Å². The van der Waals surface area contributed by atoms with Crippen molar-refractivity contribution in [2.45, 2.75) is 147 Å². The van der Waals surface area contributed by atoms with E-state index in [0.29, 0.717) is 5.41 Å². The maximum atomic E-state index is 2.70. The summed E-state index contributed by atoms with van der Waals surface area (Å²) in [6.45, 7) is 19.5. The van der Waals surface area contributed by atoms with Gasteiger partial charge in [0.15, 0.2) is 0 Å². The molecule has 0 aliphatic heterocycles. The highest BCUT2D eigenvalue weighted by Gasteiger charge is 2.54. The third-order valence-electron chi connectivity index (χ3n) is 8.72. The number of hydrogen-bond acceptors (Lipinski definition) is 0. The van der Waals surface area contributed by atoms with Crippen molar-refractivity contribution < 1.29 is 0 Å². The van der Waals surface area contributed by atoms with Gasteiger partial charge in [0.25, 0.3) is 0 Å². The summed E-state index contributed by atoms with van der Waals surface area (Å²) in [5.41, 5.74) is 4.61. The molecule has 0 heterocycles. The topological polar surface area (TPSA) is 0 Å². The molecule has 0 aromatic heterocycles. The standard InChI is InChI=1S/C23H38.3C2H6.CH4/c1-4-5-6-18-9-12-22-21-11-8-17-15-16(2)7-10-19(17)20(21)13-14-23(18,22)3;3*1-2;/h16,18,20-22H,4-15H2,1-3H3;3*1-2H3;1H4. The Hall–Kier alpha value is -0.260. The van der Waals surface area contributed by atoms with E-state index >= 15 is 0 Å². The minimum Gasteiger partial charge on any atom is -0.0776 e. The number of hydrogen-bond donors (Lipinski definition) is 0. The van der Waals surface area contributed by atoms with E-state index in [2.05, 4.69) is 20.8 Å². The molecule has 0 nitrogen and oxygen atoms in total. The van der Waals surface area contributed by atoms with Gasteiger partial charge in [-0.3, -0.25) is 0 Å². The van der Waals surface area contributed by atoms with Gasteiger partial charge in [-0.05, 0) is 99.2 Å². The molecule has 4 rings (SSSR count). The van der Waals surface area contributed by atoms with Crippen molar-refractivity contribution in [3.8, 4) is 0 Å². The second kappa shape index (κ2) is 14.7. The van der Waals surface area contributed by atoms with Crippen LogP contribution in [0.15, 0.2) is 11.1 Å². The molecule has 0 aromatic carbocycles. The number of fused-ring (bicyclic) bond motifs is 4. The molecule has 6 atom stereocenters. The van der Waals surface area contributed by atoms with Crippen LogP contribution in [0.4, 0.5) is 0 Å². The molecule has 0 aromatic rings. The van der Waals surface area contributed by atoms with Crippen molar-refractivity contribution in [3.63, 3.8) is 0 Å². The van der Waals surface area contributed by atoms with Gasteiger partial charge in [0.2, 0.25) is 0 Å². The Labute approximate surface area is 193 Å². The van der Waals surface area contributed by atoms with E-state index in [1.807, 2.05) is 52.7 Å². The first-order chi connectivity index (χ1) is 14.1. The van der Waals surface area contributed by atoms with Crippen molar-refractivity contribution in [2.24, 2.45) is 35.0 Å². The van der Waals surface area contributed by atoms with Crippen molar-refractivity contribution >= 4 is 0 Å². The quantitative estimate of drug-likeness (QED) is 0.398. The molecule has 4 aliphatic carbocycles. The lowest BCUT2D eigenvalue weighted by Crippen LogP contribution is -2.43. The summed E-state index contributed by atoms with van der Waals surface area (Å²) in [7, 11) is 0. The fraction of sp³-hybridized carbons (Fsp3) is 0.933. The Bertz CT molecular complexity index is 472. The van der Waals surface area contributed by atoms with Crippen LogP contribution in [0, 0.1) is 35.0 Å². The zero-order valence-electron chi connectivity index (χ0n) is 21.9. The summed E-state index contributed by atoms with van der Waals surface area (Å²) >= 11 is 0. The third kappa shape index (κ3) is 6.16. The predicted molar refractivity (Wildman–Crippen MR) is 140 cm³/mol. The first kappa shape index (κ1) is 29.7. The van der Waals surface area contributed by atoms with Crippen LogP contribution in [0.5, 0.6) is 0 Å². The van der Waals surface area contributed by atoms with Gasteiger partial charge in [0.05, 0.1) is 0 Å². The molecule has 30 heavy (non-hydrogen) atoms. The molecule has 0 spiro atoms. The second-order valence-electron chi connectivity index (χ2n) is 9.85. The van der Waals surface area contributed by atoms with Crippen LogP contribution >= 0.6 is 0 Å². The van der Waals surface area contributed by atoms with E-state index < -0.39 is 0 Å². The van der Waals surface area contributed by atoms with Gasteiger partial charge in [-0.1, -0.05) is 93.7 Å². The fourth-order valence-electron chi connectivity index (χ4n) is 7.44. The molecule has 4 aliphatic rings. The smallest absolute Gasteiger partial charge is 0.0169 e. The number of rotatable bonds is 3. The molecule has 0 radical (unpaired) electrons. The largest absolute Gasteiger partial charge is 0.0776 e. The van der Waals surface area contributed by atoms with Crippen LogP contribution in [-0.4, -0.2) is 0 Å². The minimum absolute atomic E-state index is 0. The second-order valence-corrected chi connectivity index (χ2v) is 9.85. The monoisotopic (exact) mass is 420 g/mol. The molecule has 2 fully saturated rings. The molecule has 0 amide bonds. The predicted octanol–water partition coefficient (Wildman–Crippen LogP) is 10.9. The Balaban J connectivity index is 0.00000111. The molecule has 0 heteroatoms. The molecule has 0 saturated heterocycles. The molecular weight excluding hydrogens is 360 g/mol. The van der Waals surface area contributed by atoms with Gasteiger partial charge in [0, 0.05) is 0 Å². The Morgan fingerprint density at radius 2 is 1.53 bits per heavy atom. The average molecular weight is 421 g/mol. The van der Waals surface area contributed by atoms with E-state index in [0.717, 1.165) is 29.6 Å². The first-order valence-electron chi connectivity index (χ1n) is 13.8. The van der Waals surface area contributed by atoms with Gasteiger partial charge >= 0.3 is 0 Å². The van der Waals surface area contributed by atoms with Crippen LogP contribution < -0.4 is 0 Å². The molecule has 0 bridgehead atoms. The lowest BCUT2D eigenvalue weighted by Gasteiger charge is -2.52. The van der Waals surface area contributed by atoms with Gasteiger partial charge in [-0.15, -0.1) is 0 Å². The molecule has 180 valence electrons. The third-order valence-corrected chi connectivity index (χ3v) is 8.72. The van der Waals surface area contributed by atoms with Crippen LogP contribution in [0.25, 0.3) is 0 Å². The fourth-order valence-corrected chi connectivity index (χ4v) is 7.44. The normalized spacial score (nSPS) is 36.1. The minimum atomic E-state index is 0. The van der Waals surface area contributed by atoms with Gasteiger partial charge in [-0.25, -0.2) is 0 Å². The van der Waals surface area contributed by atoms with Crippen molar-refractivity contribution in [3.05, 3.63) is 11.1 Å². The Kier molecular flexibility index (Phi) is 14.6. The Morgan fingerprint density at radius 3 is 2.17 bits per heavy atom. The first-order valence-corrected chi connectivity index (χ1v) is 13.8. The maximum Gasteiger partial charge on any atom is -0.0169 e. The van der Waals surface area contributed by atoms with Crippen LogP contribution in [0.2, 0.25) is 0 Å². The highest BCUT2D eigenvalue weighted by Crippen LogP contribution is 2.64. The summed E-state index contributed by atoms with van der Waals surface area (Å²) in [5, 5.41) is 0. The molecular formula is C30H60. The summed E-state index contributed by atoms with van der Waals surface area (Å²) < 4.78 is 0. The van der Waals surface area contributed by atoms with E-state index in [4.69, 9.17) is 0 Å². The molecule has 6 unspecified atom stereocenters. The number of allylic oxidation sites excluding steroid dienone is 2. The zero-order valence-corrected chi connectivity index (χ0v) is 21.9. The van der Waals surface area contributed by atoms with Crippen LogP contribution in [-0.2, 0) is 0 Å². The van der Waals surface area contributed by atoms with Crippen molar-refractivity contribution in [2.75, 3.05) is 0 Å². The van der Waals surface area contributed by atoms with E-state index in [-0.39, 0.29) is 7.43 Å². The van der Waals surface area contributed by atoms with Gasteiger partial charge in [0.1, 0.15) is 0 Å². The van der Waals surface area contributed by atoms with Crippen molar-refractivity contribution in [1.82, 2.24) is 0 Å². The van der Waals surface area contributed by atoms with Crippen LogP contribution in [0.1, 0.15) is 147 Å². The lowest BCUT2D eigenvalue weighted by atomic mass is 9.52. The SMILES string of the molecule is C.CC.CC.CC.CCCCC1CCC2C3CCC4=C(CCC(C)C4)C3CCC12C. The molecule has 0 N–H and O–H groups in total. The summed E-state index contributed by atoms with van der Waals surface area (Å²) in [6, 6.07) is 0. The summed E-state index contributed by atoms with van der Waals surface area (Å²) in [4.78, 5) is 0.